The van der Waals surface area contributed by atoms with Gasteiger partial charge in [-0.2, -0.15) is 5.10 Å². The van der Waals surface area contributed by atoms with Crippen LogP contribution in [0.1, 0.15) is 6.92 Å². The molecular formula is C9H10BrN3O4. The molecule has 1 aromatic rings. The summed E-state index contributed by atoms with van der Waals surface area (Å²) in [7, 11) is 0. The summed E-state index contributed by atoms with van der Waals surface area (Å²) in [6.45, 7) is 1.61. The average molecular weight is 304 g/mol. The Hall–Kier alpha value is -1.70. The van der Waals surface area contributed by atoms with Gasteiger partial charge in [-0.3, -0.25) is 14.6 Å². The van der Waals surface area contributed by atoms with Crippen LogP contribution in [0.4, 0.5) is 0 Å². The second kappa shape index (κ2) is 6.14. The highest BCUT2D eigenvalue weighted by Gasteiger charge is 2.01. The maximum Gasteiger partial charge on any atom is 0.345 e. The van der Waals surface area contributed by atoms with E-state index < -0.39 is 11.2 Å². The predicted molar refractivity (Wildman–Crippen MR) is 62.6 cm³/mol. The molecule has 17 heavy (non-hydrogen) atoms. The van der Waals surface area contributed by atoms with Crippen LogP contribution in [-0.2, 0) is 16.1 Å². The quantitative estimate of drug-likeness (QED) is 0.615. The third-order valence-corrected chi connectivity index (χ3v) is 2.20. The van der Waals surface area contributed by atoms with Gasteiger partial charge in [-0.1, -0.05) is 6.08 Å². The number of halogens is 1. The van der Waals surface area contributed by atoms with Crippen molar-refractivity contribution in [1.29, 1.82) is 0 Å². The maximum absolute atomic E-state index is 11.3. The highest BCUT2D eigenvalue weighted by Crippen LogP contribution is 1.92. The number of nitrogens with one attached hydrogen (secondary N) is 1. The monoisotopic (exact) mass is 303 g/mol. The highest BCUT2D eigenvalue weighted by atomic mass is 79.9. The Labute approximate surface area is 104 Å². The van der Waals surface area contributed by atoms with Crippen molar-refractivity contribution in [3.8, 4) is 0 Å². The van der Waals surface area contributed by atoms with E-state index in [0.29, 0.717) is 0 Å². The van der Waals surface area contributed by atoms with Crippen LogP contribution in [0.15, 0.2) is 26.3 Å². The largest absolute Gasteiger partial charge is 0.462 e. The lowest BCUT2D eigenvalue weighted by Gasteiger charge is -1.99. The van der Waals surface area contributed by atoms with Crippen molar-refractivity contribution in [3.05, 3.63) is 37.6 Å². The molecule has 8 heteroatoms. The zero-order valence-corrected chi connectivity index (χ0v) is 10.6. The lowest BCUT2D eigenvalue weighted by Crippen LogP contribution is -2.32. The molecule has 1 heterocycles. The summed E-state index contributed by atoms with van der Waals surface area (Å²) in [4.78, 5) is 34.8. The number of esters is 1. The van der Waals surface area contributed by atoms with Crippen LogP contribution in [0, 0.1) is 0 Å². The molecule has 1 rings (SSSR count). The Balaban J connectivity index is 2.64. The van der Waals surface area contributed by atoms with E-state index in [-0.39, 0.29) is 23.7 Å². The van der Waals surface area contributed by atoms with Crippen molar-refractivity contribution >= 4 is 21.9 Å². The molecule has 0 saturated heterocycles. The minimum absolute atomic E-state index is 0.0329. The molecule has 0 aliphatic rings. The number of allylic oxidation sites excluding steroid dienone is 1. The normalized spacial score (nSPS) is 10.7. The van der Waals surface area contributed by atoms with Crippen LogP contribution in [-0.4, -0.2) is 27.3 Å². The van der Waals surface area contributed by atoms with Gasteiger partial charge >= 0.3 is 11.7 Å². The van der Waals surface area contributed by atoms with E-state index in [4.69, 9.17) is 0 Å². The number of ether oxygens (including phenoxy) is 1. The first kappa shape index (κ1) is 13.4. The SMILES string of the molecule is CC(=O)OC/C=C/Cn1nc(Br)c(=O)[nH]c1=O. The fourth-order valence-electron chi connectivity index (χ4n) is 0.942. The average Bonchev–Trinajstić information content (AvgIpc) is 2.24. The Morgan fingerprint density at radius 3 is 2.88 bits per heavy atom. The number of carbonyl (C=O) groups is 1. The zero-order chi connectivity index (χ0) is 12.8. The predicted octanol–water partition coefficient (Wildman–Crippen LogP) is -0.187. The van der Waals surface area contributed by atoms with E-state index in [9.17, 15) is 14.4 Å². The van der Waals surface area contributed by atoms with Gasteiger partial charge in [-0.15, -0.1) is 0 Å². The smallest absolute Gasteiger partial charge is 0.345 e. The van der Waals surface area contributed by atoms with E-state index in [1.807, 2.05) is 0 Å². The summed E-state index contributed by atoms with van der Waals surface area (Å²) in [5, 5.41) is 3.72. The molecule has 1 N–H and O–H groups in total. The summed E-state index contributed by atoms with van der Waals surface area (Å²) in [5.41, 5.74) is -1.18. The van der Waals surface area contributed by atoms with Crippen LogP contribution in [0.3, 0.4) is 0 Å². The number of rotatable bonds is 4. The molecule has 0 aliphatic heterocycles. The summed E-state index contributed by atoms with van der Waals surface area (Å²) in [5.74, 6) is -0.378. The first-order valence-electron chi connectivity index (χ1n) is 4.66. The molecule has 0 atom stereocenters. The summed E-state index contributed by atoms with van der Waals surface area (Å²) < 4.78 is 5.75. The third kappa shape index (κ3) is 4.35. The van der Waals surface area contributed by atoms with Crippen LogP contribution in [0.2, 0.25) is 0 Å². The van der Waals surface area contributed by atoms with Gasteiger partial charge in [0.15, 0.2) is 4.60 Å². The second-order valence-electron chi connectivity index (χ2n) is 3.01. The molecule has 0 unspecified atom stereocenters. The standard InChI is InChI=1S/C9H10BrN3O4/c1-6(14)17-5-3-2-4-13-9(16)11-8(15)7(10)12-13/h2-3H,4-5H2,1H3,(H,11,15,16)/b3-2+. The fraction of sp³-hybridized carbons (Fsp3) is 0.333. The lowest BCUT2D eigenvalue weighted by atomic mass is 10.5. The molecule has 0 fully saturated rings. The number of H-pyrrole nitrogens is 1. The topological polar surface area (TPSA) is 94.1 Å². The number of carbonyl (C=O) groups excluding carboxylic acids is 1. The summed E-state index contributed by atoms with van der Waals surface area (Å²) in [6, 6.07) is 0. The number of nitrogens with zero attached hydrogens (tertiary/aromatic N) is 2. The second-order valence-corrected chi connectivity index (χ2v) is 3.76. The number of aromatic nitrogens is 3. The van der Waals surface area contributed by atoms with Crippen molar-refractivity contribution in [2.45, 2.75) is 13.5 Å². The first-order chi connectivity index (χ1) is 8.00. The number of hydrogen-bond donors (Lipinski definition) is 1. The van der Waals surface area contributed by atoms with Crippen LogP contribution >= 0.6 is 15.9 Å². The summed E-state index contributed by atoms with van der Waals surface area (Å²) >= 11 is 2.91. The van der Waals surface area contributed by atoms with Gasteiger partial charge in [0.25, 0.3) is 5.56 Å². The van der Waals surface area contributed by atoms with Gasteiger partial charge in [0, 0.05) is 6.92 Å². The van der Waals surface area contributed by atoms with Crippen LogP contribution < -0.4 is 11.2 Å². The first-order valence-corrected chi connectivity index (χ1v) is 5.45. The maximum atomic E-state index is 11.3. The van der Waals surface area contributed by atoms with Crippen LogP contribution in [0.5, 0.6) is 0 Å². The van der Waals surface area contributed by atoms with Crippen molar-refractivity contribution < 1.29 is 9.53 Å². The number of hydrogen-bond acceptors (Lipinski definition) is 5. The van der Waals surface area contributed by atoms with E-state index in [1.165, 1.54) is 6.92 Å². The Bertz CT molecular complexity index is 546. The molecule has 0 aromatic carbocycles. The minimum Gasteiger partial charge on any atom is -0.462 e. The Morgan fingerprint density at radius 2 is 2.24 bits per heavy atom. The molecule has 0 saturated carbocycles. The molecule has 0 amide bonds. The Morgan fingerprint density at radius 1 is 1.53 bits per heavy atom. The minimum atomic E-state index is -0.602. The molecule has 0 aliphatic carbocycles. The molecule has 0 bridgehead atoms. The Kier molecular flexibility index (Phi) is 4.83. The van der Waals surface area contributed by atoms with E-state index in [2.05, 4.69) is 30.7 Å². The molecule has 92 valence electrons. The van der Waals surface area contributed by atoms with Gasteiger partial charge in [0.1, 0.15) is 6.61 Å². The van der Waals surface area contributed by atoms with Crippen molar-refractivity contribution in [1.82, 2.24) is 14.8 Å². The zero-order valence-electron chi connectivity index (χ0n) is 8.97. The third-order valence-electron chi connectivity index (χ3n) is 1.68. The van der Waals surface area contributed by atoms with Gasteiger partial charge in [0.05, 0.1) is 6.54 Å². The van der Waals surface area contributed by atoms with Gasteiger partial charge in [0.2, 0.25) is 0 Å². The van der Waals surface area contributed by atoms with E-state index >= 15 is 0 Å². The lowest BCUT2D eigenvalue weighted by molar-refractivity contribution is -0.139. The number of aromatic amines is 1. The fourth-order valence-corrected chi connectivity index (χ4v) is 1.23. The van der Waals surface area contributed by atoms with Gasteiger partial charge < -0.3 is 4.74 Å². The van der Waals surface area contributed by atoms with Crippen molar-refractivity contribution in [3.63, 3.8) is 0 Å². The summed E-state index contributed by atoms with van der Waals surface area (Å²) in [6.07, 6.45) is 3.18. The van der Waals surface area contributed by atoms with Crippen molar-refractivity contribution in [2.75, 3.05) is 6.61 Å². The molecule has 0 radical (unpaired) electrons. The molecular weight excluding hydrogens is 294 g/mol. The van der Waals surface area contributed by atoms with E-state index in [1.54, 1.807) is 12.2 Å². The van der Waals surface area contributed by atoms with Crippen molar-refractivity contribution in [2.24, 2.45) is 0 Å². The van der Waals surface area contributed by atoms with Gasteiger partial charge in [-0.25, -0.2) is 9.48 Å². The highest BCUT2D eigenvalue weighted by molar-refractivity contribution is 9.10. The molecule has 0 spiro atoms. The molecule has 1 aromatic heterocycles. The van der Waals surface area contributed by atoms with E-state index in [0.717, 1.165) is 4.68 Å². The molecule has 7 nitrogen and oxygen atoms in total. The van der Waals surface area contributed by atoms with Crippen LogP contribution in [0.25, 0.3) is 0 Å². The van der Waals surface area contributed by atoms with Gasteiger partial charge in [-0.05, 0) is 22.0 Å².